The van der Waals surface area contributed by atoms with Crippen LogP contribution in [0.4, 0.5) is 5.82 Å². The maximum atomic E-state index is 5.51. The number of aromatic nitrogens is 2. The number of hydrogen-bond acceptors (Lipinski definition) is 5. The van der Waals surface area contributed by atoms with Gasteiger partial charge in [0.05, 0.1) is 6.61 Å². The van der Waals surface area contributed by atoms with Crippen LogP contribution in [0.25, 0.3) is 0 Å². The van der Waals surface area contributed by atoms with Gasteiger partial charge in [-0.15, -0.1) is 0 Å². The third kappa shape index (κ3) is 4.35. The quantitative estimate of drug-likeness (QED) is 0.853. The molecule has 0 aromatic carbocycles. The lowest BCUT2D eigenvalue weighted by Crippen LogP contribution is -2.40. The largest absolute Gasteiger partial charge is 0.478 e. The Morgan fingerprint density at radius 3 is 3.11 bits per heavy atom. The molecule has 5 nitrogen and oxygen atoms in total. The highest BCUT2D eigenvalue weighted by Gasteiger charge is 2.18. The minimum Gasteiger partial charge on any atom is -0.478 e. The second kappa shape index (κ2) is 7.28. The predicted molar refractivity (Wildman–Crippen MR) is 76.6 cm³/mol. The smallest absolute Gasteiger partial charge is 0.218 e. The van der Waals surface area contributed by atoms with Crippen molar-refractivity contribution in [3.63, 3.8) is 0 Å². The lowest BCUT2D eigenvalue weighted by Gasteiger charge is -2.32. The number of piperidine rings is 1. The van der Waals surface area contributed by atoms with Gasteiger partial charge in [-0.1, -0.05) is 13.3 Å². The van der Waals surface area contributed by atoms with Crippen LogP contribution < -0.4 is 10.1 Å². The van der Waals surface area contributed by atoms with Crippen LogP contribution in [-0.2, 0) is 0 Å². The molecule has 1 aliphatic rings. The van der Waals surface area contributed by atoms with Crippen molar-refractivity contribution < 1.29 is 4.74 Å². The Kier molecular flexibility index (Phi) is 5.39. The fraction of sp³-hybridized carbons (Fsp3) is 0.714. The van der Waals surface area contributed by atoms with Crippen LogP contribution >= 0.6 is 0 Å². The van der Waals surface area contributed by atoms with Gasteiger partial charge in [0.15, 0.2) is 0 Å². The number of anilines is 1. The highest BCUT2D eigenvalue weighted by atomic mass is 16.5. The zero-order valence-corrected chi connectivity index (χ0v) is 11.9. The van der Waals surface area contributed by atoms with Crippen molar-refractivity contribution in [1.82, 2.24) is 14.9 Å². The Hall–Kier alpha value is -1.36. The summed E-state index contributed by atoms with van der Waals surface area (Å²) in [6, 6.07) is 2.47. The number of nitrogens with zero attached hydrogens (tertiary/aromatic N) is 3. The zero-order chi connectivity index (χ0) is 13.5. The summed E-state index contributed by atoms with van der Waals surface area (Å²) in [5.74, 6) is 1.50. The van der Waals surface area contributed by atoms with E-state index < -0.39 is 0 Å². The SMILES string of the molecule is CCCOc1cc(NCC2CCCCN2C)ncn1. The lowest BCUT2D eigenvalue weighted by molar-refractivity contribution is 0.194. The molecule has 1 aromatic rings. The van der Waals surface area contributed by atoms with Crippen LogP contribution in [0.5, 0.6) is 5.88 Å². The second-order valence-corrected chi connectivity index (χ2v) is 5.10. The van der Waals surface area contributed by atoms with Crippen LogP contribution in [0.1, 0.15) is 32.6 Å². The van der Waals surface area contributed by atoms with E-state index in [0.717, 1.165) is 18.8 Å². The van der Waals surface area contributed by atoms with Crippen LogP contribution in [0.3, 0.4) is 0 Å². The standard InChI is InChI=1S/C14H24N4O/c1-3-8-19-14-9-13(16-11-17-14)15-10-12-6-4-5-7-18(12)2/h9,11-12H,3-8,10H2,1-2H3,(H,15,16,17). The van der Waals surface area contributed by atoms with Gasteiger partial charge in [0, 0.05) is 18.7 Å². The van der Waals surface area contributed by atoms with E-state index >= 15 is 0 Å². The minimum atomic E-state index is 0.601. The van der Waals surface area contributed by atoms with E-state index in [0.29, 0.717) is 18.5 Å². The average Bonchev–Trinajstić information content (AvgIpc) is 2.45. The summed E-state index contributed by atoms with van der Waals surface area (Å²) in [4.78, 5) is 10.8. The Balaban J connectivity index is 1.84. The van der Waals surface area contributed by atoms with E-state index in [1.807, 2.05) is 6.07 Å². The van der Waals surface area contributed by atoms with Gasteiger partial charge in [0.1, 0.15) is 12.1 Å². The number of likely N-dealkylation sites (tertiary alicyclic amines) is 1. The molecule has 5 heteroatoms. The topological polar surface area (TPSA) is 50.3 Å². The van der Waals surface area contributed by atoms with Crippen LogP contribution in [0.2, 0.25) is 0 Å². The van der Waals surface area contributed by atoms with Crippen molar-refractivity contribution in [2.24, 2.45) is 0 Å². The maximum absolute atomic E-state index is 5.51. The Bertz CT molecular complexity index is 385. The third-order valence-corrected chi connectivity index (χ3v) is 3.54. The monoisotopic (exact) mass is 264 g/mol. The first-order valence-corrected chi connectivity index (χ1v) is 7.18. The molecule has 1 aromatic heterocycles. The van der Waals surface area contributed by atoms with Crippen molar-refractivity contribution in [2.45, 2.75) is 38.6 Å². The first-order chi connectivity index (χ1) is 9.29. The fourth-order valence-electron chi connectivity index (χ4n) is 2.35. The molecule has 0 saturated carbocycles. The number of hydrogen-bond donors (Lipinski definition) is 1. The fourth-order valence-corrected chi connectivity index (χ4v) is 2.35. The van der Waals surface area contributed by atoms with E-state index in [2.05, 4.69) is 34.2 Å². The summed E-state index contributed by atoms with van der Waals surface area (Å²) >= 11 is 0. The van der Waals surface area contributed by atoms with Gasteiger partial charge in [0.25, 0.3) is 0 Å². The molecule has 1 aliphatic heterocycles. The van der Waals surface area contributed by atoms with E-state index in [1.54, 1.807) is 6.33 Å². The lowest BCUT2D eigenvalue weighted by atomic mass is 10.0. The molecular formula is C14H24N4O. The third-order valence-electron chi connectivity index (χ3n) is 3.54. The number of ether oxygens (including phenoxy) is 1. The summed E-state index contributed by atoms with van der Waals surface area (Å²) in [6.07, 6.45) is 6.44. The molecule has 1 fully saturated rings. The summed E-state index contributed by atoms with van der Waals surface area (Å²) < 4.78 is 5.51. The van der Waals surface area contributed by atoms with Crippen LogP contribution in [0, 0.1) is 0 Å². The molecule has 1 N–H and O–H groups in total. The van der Waals surface area contributed by atoms with Gasteiger partial charge in [-0.3, -0.25) is 0 Å². The van der Waals surface area contributed by atoms with Gasteiger partial charge in [-0.25, -0.2) is 9.97 Å². The Morgan fingerprint density at radius 2 is 2.32 bits per heavy atom. The van der Waals surface area contributed by atoms with Gasteiger partial charge in [-0.05, 0) is 32.9 Å². The molecule has 0 spiro atoms. The maximum Gasteiger partial charge on any atom is 0.218 e. The van der Waals surface area contributed by atoms with Crippen molar-refractivity contribution in [2.75, 3.05) is 32.1 Å². The molecule has 2 rings (SSSR count). The summed E-state index contributed by atoms with van der Waals surface area (Å²) in [5.41, 5.74) is 0. The average molecular weight is 264 g/mol. The summed E-state index contributed by atoms with van der Waals surface area (Å²) in [6.45, 7) is 4.91. The van der Waals surface area contributed by atoms with Crippen LogP contribution in [-0.4, -0.2) is 47.7 Å². The van der Waals surface area contributed by atoms with Crippen molar-refractivity contribution in [3.05, 3.63) is 12.4 Å². The molecule has 0 radical (unpaired) electrons. The second-order valence-electron chi connectivity index (χ2n) is 5.10. The van der Waals surface area contributed by atoms with E-state index in [1.165, 1.54) is 25.8 Å². The highest BCUT2D eigenvalue weighted by Crippen LogP contribution is 2.16. The molecule has 19 heavy (non-hydrogen) atoms. The first kappa shape index (κ1) is 14.1. The molecule has 1 saturated heterocycles. The van der Waals surface area contributed by atoms with Crippen molar-refractivity contribution in [3.8, 4) is 5.88 Å². The number of likely N-dealkylation sites (N-methyl/N-ethyl adjacent to an activating group) is 1. The van der Waals surface area contributed by atoms with Gasteiger partial charge < -0.3 is 15.0 Å². The summed E-state index contributed by atoms with van der Waals surface area (Å²) in [5, 5.41) is 3.39. The van der Waals surface area contributed by atoms with Crippen LogP contribution in [0.15, 0.2) is 12.4 Å². The highest BCUT2D eigenvalue weighted by molar-refractivity contribution is 5.37. The number of rotatable bonds is 6. The first-order valence-electron chi connectivity index (χ1n) is 7.18. The van der Waals surface area contributed by atoms with E-state index in [4.69, 9.17) is 4.74 Å². The van der Waals surface area contributed by atoms with Gasteiger partial charge in [-0.2, -0.15) is 0 Å². The van der Waals surface area contributed by atoms with E-state index in [-0.39, 0.29) is 0 Å². The molecule has 0 aliphatic carbocycles. The molecular weight excluding hydrogens is 240 g/mol. The van der Waals surface area contributed by atoms with E-state index in [9.17, 15) is 0 Å². The molecule has 2 heterocycles. The minimum absolute atomic E-state index is 0.601. The summed E-state index contributed by atoms with van der Waals surface area (Å²) in [7, 11) is 2.20. The Morgan fingerprint density at radius 1 is 1.42 bits per heavy atom. The van der Waals surface area contributed by atoms with Crippen molar-refractivity contribution in [1.29, 1.82) is 0 Å². The molecule has 1 unspecified atom stereocenters. The molecule has 0 bridgehead atoms. The molecule has 0 amide bonds. The van der Waals surface area contributed by atoms with Crippen molar-refractivity contribution >= 4 is 5.82 Å². The Labute approximate surface area is 115 Å². The predicted octanol–water partition coefficient (Wildman–Crippen LogP) is 2.16. The number of nitrogens with one attached hydrogen (secondary N) is 1. The normalized spacial score (nSPS) is 20.2. The molecule has 1 atom stereocenters. The zero-order valence-electron chi connectivity index (χ0n) is 11.9. The van der Waals surface area contributed by atoms with Gasteiger partial charge >= 0.3 is 0 Å². The van der Waals surface area contributed by atoms with Gasteiger partial charge in [0.2, 0.25) is 5.88 Å². The molecule has 106 valence electrons.